The van der Waals surface area contributed by atoms with Crippen LogP contribution in [0, 0.1) is 11.3 Å². The van der Waals surface area contributed by atoms with Crippen molar-refractivity contribution in [1.82, 2.24) is 0 Å². The summed E-state index contributed by atoms with van der Waals surface area (Å²) in [6.07, 6.45) is 1.39. The molecule has 1 aliphatic heterocycles. The highest BCUT2D eigenvalue weighted by atomic mass is 16.7. The Hall–Kier alpha value is -1.24. The van der Waals surface area contributed by atoms with Crippen molar-refractivity contribution in [2.45, 2.75) is 50.4 Å². The Morgan fingerprint density at radius 1 is 1.33 bits per heavy atom. The van der Waals surface area contributed by atoms with Crippen molar-refractivity contribution in [2.24, 2.45) is 17.1 Å². The summed E-state index contributed by atoms with van der Waals surface area (Å²) in [5, 5.41) is 22.4. The molecule has 24 heavy (non-hydrogen) atoms. The van der Waals surface area contributed by atoms with Gasteiger partial charge in [0, 0.05) is 17.4 Å². The minimum absolute atomic E-state index is 0.247. The lowest BCUT2D eigenvalue weighted by Gasteiger charge is -2.38. The standard InChI is InChI=1S/C19H27NO4/c1-4-8-15(20)14-12-24-16(19(22)17(2,3)18(14,19)21)23-11-13-9-6-5-7-10-13/h4-7,9-10,14-16,21-22H,1,8,11-12,20H2,2-3H3/t14-,15?,16?,18+,19+/m1/s1. The molecular weight excluding hydrogens is 306 g/mol. The molecule has 1 saturated carbocycles. The molecule has 5 heteroatoms. The fourth-order valence-electron chi connectivity index (χ4n) is 4.25. The van der Waals surface area contributed by atoms with E-state index >= 15 is 0 Å². The maximum atomic E-state index is 11.2. The highest BCUT2D eigenvalue weighted by molar-refractivity contribution is 5.37. The van der Waals surface area contributed by atoms with E-state index in [1.807, 2.05) is 44.2 Å². The van der Waals surface area contributed by atoms with Crippen LogP contribution in [0.4, 0.5) is 0 Å². The first kappa shape index (κ1) is 17.6. The molecule has 3 rings (SSSR count). The summed E-state index contributed by atoms with van der Waals surface area (Å²) >= 11 is 0. The van der Waals surface area contributed by atoms with Crippen molar-refractivity contribution in [1.29, 1.82) is 0 Å². The highest BCUT2D eigenvalue weighted by Gasteiger charge is 2.90. The van der Waals surface area contributed by atoms with Gasteiger partial charge in [0.2, 0.25) is 0 Å². The average molecular weight is 333 g/mol. The fourth-order valence-corrected chi connectivity index (χ4v) is 4.25. The van der Waals surface area contributed by atoms with Crippen molar-refractivity contribution in [3.8, 4) is 0 Å². The largest absolute Gasteiger partial charge is 0.386 e. The highest BCUT2D eigenvalue weighted by Crippen LogP contribution is 2.72. The molecule has 1 aliphatic carbocycles. The lowest BCUT2D eigenvalue weighted by atomic mass is 9.85. The lowest BCUT2D eigenvalue weighted by Crippen LogP contribution is -2.55. The first-order valence-corrected chi connectivity index (χ1v) is 8.39. The molecule has 5 atom stereocenters. The fraction of sp³-hybridized carbons (Fsp3) is 0.579. The minimum atomic E-state index is -1.48. The van der Waals surface area contributed by atoms with Crippen molar-refractivity contribution < 1.29 is 19.7 Å². The lowest BCUT2D eigenvalue weighted by molar-refractivity contribution is -0.268. The number of aliphatic hydroxyl groups is 2. The number of benzene rings is 1. The predicted molar refractivity (Wildman–Crippen MR) is 90.9 cm³/mol. The van der Waals surface area contributed by atoms with E-state index < -0.39 is 22.9 Å². The molecular formula is C19H27NO4. The first-order chi connectivity index (χ1) is 11.3. The molecule has 1 aromatic carbocycles. The van der Waals surface area contributed by atoms with Crippen molar-refractivity contribution in [3.63, 3.8) is 0 Å². The Balaban J connectivity index is 1.77. The van der Waals surface area contributed by atoms with Gasteiger partial charge in [0.25, 0.3) is 0 Å². The molecule has 1 aromatic rings. The molecule has 4 N–H and O–H groups in total. The number of fused-ring (bicyclic) bond motifs is 1. The normalized spacial score (nSPS) is 38.2. The molecule has 0 aromatic heterocycles. The average Bonchev–Trinajstić information content (AvgIpc) is 2.93. The number of nitrogens with two attached hydrogens (primary N) is 1. The SMILES string of the molecule is C=CCC(N)[C@H]1COC(OCc2ccccc2)[C@]2(O)C(C)(C)[C@@]12O. The second-order valence-electron chi connectivity index (χ2n) is 7.41. The smallest absolute Gasteiger partial charge is 0.190 e. The Labute approximate surface area is 143 Å². The van der Waals surface area contributed by atoms with Gasteiger partial charge < -0.3 is 25.4 Å². The van der Waals surface area contributed by atoms with E-state index in [4.69, 9.17) is 15.2 Å². The zero-order valence-corrected chi connectivity index (χ0v) is 14.3. The van der Waals surface area contributed by atoms with Crippen LogP contribution >= 0.6 is 0 Å². The van der Waals surface area contributed by atoms with Gasteiger partial charge in [-0.25, -0.2) is 0 Å². The molecule has 5 nitrogen and oxygen atoms in total. The molecule has 1 heterocycles. The van der Waals surface area contributed by atoms with Crippen LogP contribution in [0.25, 0.3) is 0 Å². The van der Waals surface area contributed by atoms with E-state index in [-0.39, 0.29) is 18.6 Å². The second kappa shape index (κ2) is 5.93. The van der Waals surface area contributed by atoms with Crippen molar-refractivity contribution >= 4 is 0 Å². The zero-order chi connectivity index (χ0) is 17.6. The van der Waals surface area contributed by atoms with Gasteiger partial charge in [-0.1, -0.05) is 50.3 Å². The first-order valence-electron chi connectivity index (χ1n) is 8.39. The summed E-state index contributed by atoms with van der Waals surface area (Å²) in [5.74, 6) is -0.368. The van der Waals surface area contributed by atoms with Crippen molar-refractivity contribution in [3.05, 3.63) is 48.6 Å². The van der Waals surface area contributed by atoms with Crippen LogP contribution in [0.1, 0.15) is 25.8 Å². The third-order valence-electron chi connectivity index (χ3n) is 5.93. The van der Waals surface area contributed by atoms with E-state index in [9.17, 15) is 10.2 Å². The minimum Gasteiger partial charge on any atom is -0.386 e. The Morgan fingerprint density at radius 2 is 2.00 bits per heavy atom. The van der Waals surface area contributed by atoms with Crippen molar-refractivity contribution in [2.75, 3.05) is 6.61 Å². The molecule has 0 amide bonds. The van der Waals surface area contributed by atoms with Gasteiger partial charge in [-0.3, -0.25) is 0 Å². The van der Waals surface area contributed by atoms with Crippen LogP contribution in [0.2, 0.25) is 0 Å². The third kappa shape index (κ3) is 2.20. The predicted octanol–water partition coefficient (Wildman–Crippen LogP) is 1.58. The van der Waals surface area contributed by atoms with Gasteiger partial charge in [0.05, 0.1) is 13.2 Å². The number of ether oxygens (including phenoxy) is 2. The molecule has 0 spiro atoms. The summed E-state index contributed by atoms with van der Waals surface area (Å²) < 4.78 is 11.6. The van der Waals surface area contributed by atoms with Gasteiger partial charge >= 0.3 is 0 Å². The summed E-state index contributed by atoms with van der Waals surface area (Å²) in [6, 6.07) is 9.35. The van der Waals surface area contributed by atoms with E-state index in [0.717, 1.165) is 5.56 Å². The van der Waals surface area contributed by atoms with Gasteiger partial charge in [-0.05, 0) is 12.0 Å². The Morgan fingerprint density at radius 3 is 2.62 bits per heavy atom. The molecule has 0 bridgehead atoms. The van der Waals surface area contributed by atoms with Crippen LogP contribution in [0.3, 0.4) is 0 Å². The maximum Gasteiger partial charge on any atom is 0.190 e. The summed E-state index contributed by atoms with van der Waals surface area (Å²) in [4.78, 5) is 0. The van der Waals surface area contributed by atoms with E-state index in [1.165, 1.54) is 0 Å². The van der Waals surface area contributed by atoms with E-state index in [2.05, 4.69) is 6.58 Å². The molecule has 1 saturated heterocycles. The quantitative estimate of drug-likeness (QED) is 0.688. The van der Waals surface area contributed by atoms with Gasteiger partial charge in [-0.15, -0.1) is 6.58 Å². The zero-order valence-electron chi connectivity index (χ0n) is 14.3. The topological polar surface area (TPSA) is 84.9 Å². The summed E-state index contributed by atoms with van der Waals surface area (Å²) in [5.41, 5.74) is 3.60. The molecule has 2 fully saturated rings. The number of hydrogen-bond donors (Lipinski definition) is 3. The number of hydrogen-bond acceptors (Lipinski definition) is 5. The van der Waals surface area contributed by atoms with Crippen LogP contribution < -0.4 is 5.73 Å². The molecule has 132 valence electrons. The van der Waals surface area contributed by atoms with Gasteiger partial charge in [0.1, 0.15) is 5.60 Å². The van der Waals surface area contributed by atoms with Gasteiger partial charge in [-0.2, -0.15) is 0 Å². The second-order valence-corrected chi connectivity index (χ2v) is 7.41. The molecule has 2 unspecified atom stereocenters. The van der Waals surface area contributed by atoms with E-state index in [0.29, 0.717) is 13.0 Å². The monoisotopic (exact) mass is 333 g/mol. The summed E-state index contributed by atoms with van der Waals surface area (Å²) in [7, 11) is 0. The van der Waals surface area contributed by atoms with Gasteiger partial charge in [0.15, 0.2) is 11.9 Å². The third-order valence-corrected chi connectivity index (χ3v) is 5.93. The number of rotatable bonds is 6. The maximum absolute atomic E-state index is 11.2. The Kier molecular flexibility index (Phi) is 4.35. The van der Waals surface area contributed by atoms with Crippen LogP contribution in [0.15, 0.2) is 43.0 Å². The van der Waals surface area contributed by atoms with E-state index in [1.54, 1.807) is 6.08 Å². The van der Waals surface area contributed by atoms with Crippen LogP contribution in [0.5, 0.6) is 0 Å². The Bertz CT molecular complexity index is 605. The molecule has 0 radical (unpaired) electrons. The van der Waals surface area contributed by atoms with Crippen LogP contribution in [-0.4, -0.2) is 40.4 Å². The summed E-state index contributed by atoms with van der Waals surface area (Å²) in [6.45, 7) is 7.91. The molecule has 2 aliphatic rings. The van der Waals surface area contributed by atoms with Crippen LogP contribution in [-0.2, 0) is 16.1 Å².